The lowest BCUT2D eigenvalue weighted by Crippen LogP contribution is -2.46. The summed E-state index contributed by atoms with van der Waals surface area (Å²) < 4.78 is 10.2. The molecule has 0 aromatic rings. The van der Waals surface area contributed by atoms with Crippen molar-refractivity contribution in [1.82, 2.24) is 10.6 Å². The highest BCUT2D eigenvalue weighted by atomic mass is 16.6. The number of carbonyl (C=O) groups is 4. The highest BCUT2D eigenvalue weighted by Crippen LogP contribution is 2.13. The summed E-state index contributed by atoms with van der Waals surface area (Å²) in [6, 6.07) is -0.951. The summed E-state index contributed by atoms with van der Waals surface area (Å²) in [5.41, 5.74) is -0.700. The van der Waals surface area contributed by atoms with Gasteiger partial charge in [-0.15, -0.1) is 0 Å². The molecule has 1 aliphatic rings. The number of ether oxygens (including phenoxy) is 2. The molecule has 1 aliphatic heterocycles. The molecular weight excluding hydrogens is 304 g/mol. The van der Waals surface area contributed by atoms with E-state index in [1.165, 1.54) is 0 Å². The minimum absolute atomic E-state index is 0.0986. The molecule has 0 spiro atoms. The van der Waals surface area contributed by atoms with Gasteiger partial charge >= 0.3 is 12.1 Å². The summed E-state index contributed by atoms with van der Waals surface area (Å²) in [6.45, 7) is 8.87. The molecule has 8 nitrogen and oxygen atoms in total. The van der Waals surface area contributed by atoms with E-state index in [0.29, 0.717) is 6.42 Å². The molecule has 2 N–H and O–H groups in total. The van der Waals surface area contributed by atoms with Crippen molar-refractivity contribution in [3.05, 3.63) is 0 Å². The second kappa shape index (κ2) is 7.43. The van der Waals surface area contributed by atoms with Gasteiger partial charge < -0.3 is 14.8 Å². The molecule has 23 heavy (non-hydrogen) atoms. The highest BCUT2D eigenvalue weighted by molar-refractivity contribution is 6.05. The molecule has 1 fully saturated rings. The third kappa shape index (κ3) is 6.66. The molecule has 0 radical (unpaired) electrons. The van der Waals surface area contributed by atoms with Gasteiger partial charge in [0.2, 0.25) is 5.91 Å². The Labute approximate surface area is 135 Å². The number of rotatable bonds is 5. The first-order valence-electron chi connectivity index (χ1n) is 7.51. The summed E-state index contributed by atoms with van der Waals surface area (Å²) in [4.78, 5) is 46.6. The molecule has 0 bridgehead atoms. The first-order valence-corrected chi connectivity index (χ1v) is 7.51. The molecule has 2 atom stereocenters. The SMILES string of the molecule is CC(C)C[C@@H](NC(=O)OC(C)(C)C)C(=O)OC1CC(=O)NC1=O. The quantitative estimate of drug-likeness (QED) is 0.572. The standard InChI is InChI=1S/C15H24N2O6/c1-8(2)6-9(16-14(21)23-15(3,4)5)13(20)22-10-7-11(18)17-12(10)19/h8-10H,6-7H2,1-5H3,(H,16,21)(H,17,18,19)/t9-,10?/m1/s1. The van der Waals surface area contributed by atoms with Crippen LogP contribution in [-0.4, -0.2) is 41.6 Å². The molecule has 8 heteroatoms. The smallest absolute Gasteiger partial charge is 0.408 e. The van der Waals surface area contributed by atoms with E-state index in [2.05, 4.69) is 10.6 Å². The van der Waals surface area contributed by atoms with Crippen LogP contribution in [0.1, 0.15) is 47.5 Å². The molecule has 0 aromatic carbocycles. The molecule has 0 aromatic heterocycles. The fourth-order valence-electron chi connectivity index (χ4n) is 1.98. The van der Waals surface area contributed by atoms with Gasteiger partial charge in [-0.05, 0) is 33.1 Å². The third-order valence-electron chi connectivity index (χ3n) is 2.87. The Kier molecular flexibility index (Phi) is 6.12. The lowest BCUT2D eigenvalue weighted by molar-refractivity contribution is -0.156. The maximum Gasteiger partial charge on any atom is 0.408 e. The molecule has 1 unspecified atom stereocenters. The van der Waals surface area contributed by atoms with Crippen molar-refractivity contribution >= 4 is 23.9 Å². The van der Waals surface area contributed by atoms with E-state index in [1.807, 2.05) is 13.8 Å². The van der Waals surface area contributed by atoms with Crippen LogP contribution in [0.15, 0.2) is 0 Å². The normalized spacial score (nSPS) is 19.3. The fraction of sp³-hybridized carbons (Fsp3) is 0.733. The molecule has 1 rings (SSSR count). The Bertz CT molecular complexity index is 495. The van der Waals surface area contributed by atoms with Crippen molar-refractivity contribution in [2.24, 2.45) is 5.92 Å². The zero-order valence-corrected chi connectivity index (χ0v) is 14.1. The molecule has 130 valence electrons. The Balaban J connectivity index is 2.69. The molecule has 1 saturated heterocycles. The maximum atomic E-state index is 12.2. The van der Waals surface area contributed by atoms with Crippen LogP contribution in [-0.2, 0) is 23.9 Å². The zero-order valence-electron chi connectivity index (χ0n) is 14.1. The second-order valence-corrected chi connectivity index (χ2v) is 6.87. The summed E-state index contributed by atoms with van der Waals surface area (Å²) in [6.07, 6.45) is -1.77. The van der Waals surface area contributed by atoms with Crippen molar-refractivity contribution in [2.75, 3.05) is 0 Å². The van der Waals surface area contributed by atoms with E-state index in [4.69, 9.17) is 9.47 Å². The minimum atomic E-state index is -1.15. The van der Waals surface area contributed by atoms with Gasteiger partial charge in [-0.25, -0.2) is 9.59 Å². The van der Waals surface area contributed by atoms with Crippen LogP contribution in [0.4, 0.5) is 4.79 Å². The highest BCUT2D eigenvalue weighted by Gasteiger charge is 2.36. The van der Waals surface area contributed by atoms with Crippen LogP contribution in [0.2, 0.25) is 0 Å². The first-order chi connectivity index (χ1) is 10.5. The van der Waals surface area contributed by atoms with Gasteiger partial charge in [0.1, 0.15) is 11.6 Å². The van der Waals surface area contributed by atoms with Crippen molar-refractivity contribution in [3.63, 3.8) is 0 Å². The third-order valence-corrected chi connectivity index (χ3v) is 2.87. The van der Waals surface area contributed by atoms with Crippen LogP contribution >= 0.6 is 0 Å². The largest absolute Gasteiger partial charge is 0.450 e. The van der Waals surface area contributed by atoms with E-state index in [1.54, 1.807) is 20.8 Å². The summed E-state index contributed by atoms with van der Waals surface area (Å²) in [5.74, 6) is -1.81. The van der Waals surface area contributed by atoms with E-state index < -0.39 is 41.6 Å². The fourth-order valence-corrected chi connectivity index (χ4v) is 1.98. The van der Waals surface area contributed by atoms with Crippen LogP contribution < -0.4 is 10.6 Å². The first kappa shape index (κ1) is 18.9. The Hall–Kier alpha value is -2.12. The molecule has 0 aliphatic carbocycles. The number of hydrogen-bond acceptors (Lipinski definition) is 6. The van der Waals surface area contributed by atoms with Gasteiger partial charge in [0.05, 0.1) is 6.42 Å². The lowest BCUT2D eigenvalue weighted by atomic mass is 10.0. The van der Waals surface area contributed by atoms with Gasteiger partial charge in [0.15, 0.2) is 6.10 Å². The van der Waals surface area contributed by atoms with E-state index >= 15 is 0 Å². The van der Waals surface area contributed by atoms with Gasteiger partial charge in [-0.2, -0.15) is 0 Å². The van der Waals surface area contributed by atoms with E-state index in [9.17, 15) is 19.2 Å². The van der Waals surface area contributed by atoms with Crippen LogP contribution in [0.5, 0.6) is 0 Å². The number of alkyl carbamates (subject to hydrolysis) is 1. The lowest BCUT2D eigenvalue weighted by Gasteiger charge is -2.24. The van der Waals surface area contributed by atoms with Gasteiger partial charge in [0, 0.05) is 0 Å². The van der Waals surface area contributed by atoms with Crippen LogP contribution in [0.25, 0.3) is 0 Å². The summed E-state index contributed by atoms with van der Waals surface area (Å²) >= 11 is 0. The Morgan fingerprint density at radius 1 is 1.30 bits per heavy atom. The predicted octanol–water partition coefficient (Wildman–Crippen LogP) is 0.884. The second-order valence-electron chi connectivity index (χ2n) is 6.87. The van der Waals surface area contributed by atoms with Gasteiger partial charge in [-0.3, -0.25) is 14.9 Å². The Morgan fingerprint density at radius 2 is 1.91 bits per heavy atom. The van der Waals surface area contributed by atoms with Crippen LogP contribution in [0, 0.1) is 5.92 Å². The van der Waals surface area contributed by atoms with E-state index in [-0.39, 0.29) is 12.3 Å². The molecule has 3 amide bonds. The Morgan fingerprint density at radius 3 is 2.35 bits per heavy atom. The average molecular weight is 328 g/mol. The average Bonchev–Trinajstić information content (AvgIpc) is 2.63. The zero-order chi connectivity index (χ0) is 17.8. The molecular formula is C15H24N2O6. The van der Waals surface area contributed by atoms with Crippen LogP contribution in [0.3, 0.4) is 0 Å². The topological polar surface area (TPSA) is 111 Å². The number of imide groups is 1. The number of amides is 3. The van der Waals surface area contributed by atoms with Gasteiger partial charge in [-0.1, -0.05) is 13.8 Å². The number of nitrogens with one attached hydrogen (secondary N) is 2. The number of esters is 1. The monoisotopic (exact) mass is 328 g/mol. The number of hydrogen-bond donors (Lipinski definition) is 2. The molecule has 0 saturated carbocycles. The maximum absolute atomic E-state index is 12.2. The number of carbonyl (C=O) groups excluding carboxylic acids is 4. The minimum Gasteiger partial charge on any atom is -0.450 e. The summed E-state index contributed by atoms with van der Waals surface area (Å²) in [7, 11) is 0. The van der Waals surface area contributed by atoms with Crippen molar-refractivity contribution in [1.29, 1.82) is 0 Å². The van der Waals surface area contributed by atoms with Crippen molar-refractivity contribution < 1.29 is 28.7 Å². The van der Waals surface area contributed by atoms with Crippen molar-refractivity contribution in [3.8, 4) is 0 Å². The van der Waals surface area contributed by atoms with Gasteiger partial charge in [0.25, 0.3) is 5.91 Å². The predicted molar refractivity (Wildman–Crippen MR) is 80.3 cm³/mol. The summed E-state index contributed by atoms with van der Waals surface area (Å²) in [5, 5.41) is 4.51. The van der Waals surface area contributed by atoms with E-state index in [0.717, 1.165) is 0 Å². The molecule has 1 heterocycles. The van der Waals surface area contributed by atoms with Crippen molar-refractivity contribution in [2.45, 2.75) is 65.2 Å².